The summed E-state index contributed by atoms with van der Waals surface area (Å²) in [6.45, 7) is 12.3. The van der Waals surface area contributed by atoms with Crippen LogP contribution in [0.25, 0.3) is 0 Å². The molecule has 0 aromatic heterocycles. The van der Waals surface area contributed by atoms with E-state index in [4.69, 9.17) is 9.16 Å². The van der Waals surface area contributed by atoms with Crippen molar-refractivity contribution in [1.29, 1.82) is 0 Å². The second kappa shape index (κ2) is 7.33. The van der Waals surface area contributed by atoms with Crippen molar-refractivity contribution in [3.05, 3.63) is 0 Å². The van der Waals surface area contributed by atoms with Crippen molar-refractivity contribution in [2.75, 3.05) is 18.1 Å². The molecule has 16 heavy (non-hydrogen) atoms. The van der Waals surface area contributed by atoms with Crippen molar-refractivity contribution < 1.29 is 9.16 Å². The lowest BCUT2D eigenvalue weighted by atomic mass is 10.2. The number of methoxy groups -OCH3 is 1. The van der Waals surface area contributed by atoms with Crippen molar-refractivity contribution in [3.8, 4) is 0 Å². The molecule has 0 N–H and O–H groups in total. The fourth-order valence-corrected chi connectivity index (χ4v) is 2.92. The Labute approximate surface area is 116 Å². The van der Waals surface area contributed by atoms with E-state index in [2.05, 4.69) is 56.5 Å². The van der Waals surface area contributed by atoms with Crippen LogP contribution < -0.4 is 0 Å². The van der Waals surface area contributed by atoms with Crippen LogP contribution >= 0.6 is 22.6 Å². The number of rotatable bonds is 7. The van der Waals surface area contributed by atoms with Gasteiger partial charge in [0.25, 0.3) is 0 Å². The zero-order chi connectivity index (χ0) is 12.8. The summed E-state index contributed by atoms with van der Waals surface area (Å²) >= 11 is 2.39. The summed E-state index contributed by atoms with van der Waals surface area (Å²) in [5.41, 5.74) is 0. The van der Waals surface area contributed by atoms with Crippen molar-refractivity contribution in [1.82, 2.24) is 0 Å². The Hall–Kier alpha value is 0.867. The number of hydrogen-bond donors (Lipinski definition) is 0. The van der Waals surface area contributed by atoms with Crippen molar-refractivity contribution in [2.24, 2.45) is 0 Å². The highest BCUT2D eigenvalue weighted by Gasteiger charge is 2.36. The van der Waals surface area contributed by atoms with E-state index in [1.165, 1.54) is 0 Å². The Kier molecular flexibility index (Phi) is 7.73. The van der Waals surface area contributed by atoms with Gasteiger partial charge in [0.2, 0.25) is 0 Å². The molecule has 0 spiro atoms. The summed E-state index contributed by atoms with van der Waals surface area (Å²) in [4.78, 5) is 0. The second-order valence-electron chi connectivity index (χ2n) is 5.73. The molecule has 0 aromatic carbocycles. The lowest BCUT2D eigenvalue weighted by Gasteiger charge is -2.36. The van der Waals surface area contributed by atoms with Crippen LogP contribution in [-0.2, 0) is 9.16 Å². The maximum absolute atomic E-state index is 6.13. The molecular formula is C12H27IO2Si. The third-order valence-electron chi connectivity index (χ3n) is 3.47. The van der Waals surface area contributed by atoms with Gasteiger partial charge in [-0.3, -0.25) is 0 Å². The maximum atomic E-state index is 6.13. The van der Waals surface area contributed by atoms with E-state index >= 15 is 0 Å². The Morgan fingerprint density at radius 2 is 1.75 bits per heavy atom. The van der Waals surface area contributed by atoms with Gasteiger partial charge in [-0.25, -0.2) is 0 Å². The molecule has 0 saturated heterocycles. The summed E-state index contributed by atoms with van der Waals surface area (Å²) in [6, 6.07) is 0. The van der Waals surface area contributed by atoms with Gasteiger partial charge in [0.05, 0.1) is 6.10 Å². The average Bonchev–Trinajstić information content (AvgIpc) is 2.14. The van der Waals surface area contributed by atoms with E-state index in [0.717, 1.165) is 23.9 Å². The van der Waals surface area contributed by atoms with Crippen LogP contribution in [-0.4, -0.2) is 32.6 Å². The lowest BCUT2D eigenvalue weighted by molar-refractivity contribution is 0.0778. The smallest absolute Gasteiger partial charge is 0.191 e. The highest BCUT2D eigenvalue weighted by Crippen LogP contribution is 2.36. The highest BCUT2D eigenvalue weighted by molar-refractivity contribution is 14.1. The fourth-order valence-electron chi connectivity index (χ4n) is 1.16. The first-order chi connectivity index (χ1) is 7.24. The summed E-state index contributed by atoms with van der Waals surface area (Å²) in [7, 11) is 0.230. The molecule has 0 bridgehead atoms. The Balaban J connectivity index is 3.97. The summed E-state index contributed by atoms with van der Waals surface area (Å²) in [6.07, 6.45) is 2.51. The van der Waals surface area contributed by atoms with E-state index in [9.17, 15) is 0 Å². The quantitative estimate of drug-likeness (QED) is 0.385. The lowest BCUT2D eigenvalue weighted by Crippen LogP contribution is -2.41. The zero-order valence-electron chi connectivity index (χ0n) is 11.6. The van der Waals surface area contributed by atoms with Crippen LogP contribution in [0.2, 0.25) is 18.1 Å². The van der Waals surface area contributed by atoms with Gasteiger partial charge in [0.1, 0.15) is 0 Å². The molecule has 1 atom stereocenters. The third-order valence-corrected chi connectivity index (χ3v) is 8.63. The summed E-state index contributed by atoms with van der Waals surface area (Å²) in [5, 5.41) is 0.304. The van der Waals surface area contributed by atoms with Crippen LogP contribution in [0.3, 0.4) is 0 Å². The number of alkyl halides is 1. The monoisotopic (exact) mass is 358 g/mol. The minimum atomic E-state index is -1.56. The van der Waals surface area contributed by atoms with Crippen molar-refractivity contribution in [3.63, 3.8) is 0 Å². The van der Waals surface area contributed by atoms with Crippen LogP contribution in [0.4, 0.5) is 0 Å². The van der Waals surface area contributed by atoms with Crippen LogP contribution in [0.15, 0.2) is 0 Å². The number of hydrogen-bond acceptors (Lipinski definition) is 2. The van der Waals surface area contributed by atoms with E-state index in [-0.39, 0.29) is 0 Å². The SMILES string of the molecule is CO[C@@H](CCI)CCO[Si](C)(C)C(C)(C)C. The topological polar surface area (TPSA) is 18.5 Å². The number of ether oxygens (including phenoxy) is 1. The summed E-state index contributed by atoms with van der Waals surface area (Å²) < 4.78 is 12.7. The van der Waals surface area contributed by atoms with Gasteiger partial charge in [0, 0.05) is 18.1 Å². The minimum absolute atomic E-state index is 0.304. The van der Waals surface area contributed by atoms with E-state index in [0.29, 0.717) is 11.1 Å². The fraction of sp³-hybridized carbons (Fsp3) is 1.00. The largest absolute Gasteiger partial charge is 0.417 e. The summed E-state index contributed by atoms with van der Waals surface area (Å²) in [5.74, 6) is 0. The molecule has 4 heteroatoms. The second-order valence-corrected chi connectivity index (χ2v) is 11.6. The maximum Gasteiger partial charge on any atom is 0.191 e. The average molecular weight is 358 g/mol. The van der Waals surface area contributed by atoms with Gasteiger partial charge >= 0.3 is 0 Å². The molecule has 0 aromatic rings. The first-order valence-electron chi connectivity index (χ1n) is 5.97. The Morgan fingerprint density at radius 1 is 1.19 bits per heavy atom. The molecule has 0 aliphatic heterocycles. The van der Waals surface area contributed by atoms with Gasteiger partial charge in [-0.15, -0.1) is 0 Å². The third kappa shape index (κ3) is 5.98. The molecule has 0 amide bonds. The van der Waals surface area contributed by atoms with E-state index in [1.54, 1.807) is 7.11 Å². The predicted molar refractivity (Wildman–Crippen MR) is 82.1 cm³/mol. The molecule has 0 fully saturated rings. The molecular weight excluding hydrogens is 331 g/mol. The molecule has 0 rings (SSSR count). The molecule has 98 valence electrons. The molecule has 0 radical (unpaired) electrons. The number of halogens is 1. The van der Waals surface area contributed by atoms with E-state index < -0.39 is 8.32 Å². The first-order valence-corrected chi connectivity index (χ1v) is 10.4. The van der Waals surface area contributed by atoms with Crippen molar-refractivity contribution >= 4 is 30.9 Å². The van der Waals surface area contributed by atoms with Gasteiger partial charge in [-0.05, 0) is 31.0 Å². The van der Waals surface area contributed by atoms with Gasteiger partial charge < -0.3 is 9.16 Å². The molecule has 0 aliphatic rings. The highest BCUT2D eigenvalue weighted by atomic mass is 127. The van der Waals surface area contributed by atoms with Crippen LogP contribution in [0, 0.1) is 0 Å². The molecule has 0 saturated carbocycles. The standard InChI is InChI=1S/C12H27IO2Si/c1-12(2,3)16(5,6)15-10-8-11(14-4)7-9-13/h11H,7-10H2,1-6H3/t11-/m0/s1. The van der Waals surface area contributed by atoms with Crippen molar-refractivity contribution in [2.45, 2.75) is 57.8 Å². The normalized spacial score (nSPS) is 15.2. The van der Waals surface area contributed by atoms with Crippen LogP contribution in [0.1, 0.15) is 33.6 Å². The van der Waals surface area contributed by atoms with Gasteiger partial charge in [-0.2, -0.15) is 0 Å². The first kappa shape index (κ1) is 16.9. The van der Waals surface area contributed by atoms with Gasteiger partial charge in [-0.1, -0.05) is 43.4 Å². The molecule has 0 aliphatic carbocycles. The molecule has 0 heterocycles. The Morgan fingerprint density at radius 3 is 2.12 bits per heavy atom. The van der Waals surface area contributed by atoms with Crippen LogP contribution in [0.5, 0.6) is 0 Å². The van der Waals surface area contributed by atoms with E-state index in [1.807, 2.05) is 0 Å². The predicted octanol–water partition coefficient (Wildman–Crippen LogP) is 4.24. The molecule has 2 nitrogen and oxygen atoms in total. The molecule has 0 unspecified atom stereocenters. The van der Waals surface area contributed by atoms with Gasteiger partial charge in [0.15, 0.2) is 8.32 Å². The zero-order valence-corrected chi connectivity index (χ0v) is 14.8. The minimum Gasteiger partial charge on any atom is -0.417 e. The Bertz CT molecular complexity index is 190.